The molecule has 232 valence electrons. The van der Waals surface area contributed by atoms with Crippen LogP contribution in [-0.2, 0) is 0 Å². The highest BCUT2D eigenvalue weighted by molar-refractivity contribution is 6.26. The van der Waals surface area contributed by atoms with E-state index in [4.69, 9.17) is 8.83 Å². The van der Waals surface area contributed by atoms with Crippen LogP contribution < -0.4 is 0 Å². The topological polar surface area (TPSA) is 26.3 Å². The van der Waals surface area contributed by atoms with Crippen molar-refractivity contribution in [2.75, 3.05) is 0 Å². The van der Waals surface area contributed by atoms with Gasteiger partial charge in [0, 0.05) is 32.7 Å². The fourth-order valence-corrected chi connectivity index (χ4v) is 8.14. The van der Waals surface area contributed by atoms with Gasteiger partial charge in [0.15, 0.2) is 0 Å². The van der Waals surface area contributed by atoms with E-state index in [0.717, 1.165) is 77.3 Å². The smallest absolute Gasteiger partial charge is 0.143 e. The molecule has 0 aliphatic rings. The minimum atomic E-state index is 0.895. The fraction of sp³-hybridized carbons (Fsp3) is 0. The normalized spacial score (nSPS) is 12.0. The van der Waals surface area contributed by atoms with Crippen molar-refractivity contribution in [1.29, 1.82) is 0 Å². The molecule has 50 heavy (non-hydrogen) atoms. The number of furan rings is 2. The Kier molecular flexibility index (Phi) is 5.70. The maximum atomic E-state index is 6.57. The minimum absolute atomic E-state index is 0.895. The zero-order valence-electron chi connectivity index (χ0n) is 27.0. The highest BCUT2D eigenvalue weighted by atomic mass is 16.3. The molecule has 0 aliphatic carbocycles. The van der Waals surface area contributed by atoms with Crippen LogP contribution in [0.3, 0.4) is 0 Å². The lowest BCUT2D eigenvalue weighted by atomic mass is 9.89. The van der Waals surface area contributed by atoms with Gasteiger partial charge in [-0.25, -0.2) is 0 Å². The summed E-state index contributed by atoms with van der Waals surface area (Å²) in [6, 6.07) is 60.9. The summed E-state index contributed by atoms with van der Waals surface area (Å²) < 4.78 is 13.1. The van der Waals surface area contributed by atoms with Crippen LogP contribution in [0, 0.1) is 0 Å². The largest absolute Gasteiger partial charge is 0.455 e. The van der Waals surface area contributed by atoms with Crippen molar-refractivity contribution in [2.24, 2.45) is 0 Å². The van der Waals surface area contributed by atoms with Gasteiger partial charge in [-0.1, -0.05) is 133 Å². The molecule has 0 fully saturated rings. The molecule has 0 atom stereocenters. The van der Waals surface area contributed by atoms with Crippen molar-refractivity contribution in [2.45, 2.75) is 0 Å². The average Bonchev–Trinajstić information content (AvgIpc) is 3.76. The summed E-state index contributed by atoms with van der Waals surface area (Å²) in [5.41, 5.74) is 10.2. The van der Waals surface area contributed by atoms with E-state index < -0.39 is 0 Å². The van der Waals surface area contributed by atoms with Crippen LogP contribution in [0.1, 0.15) is 0 Å². The summed E-state index contributed by atoms with van der Waals surface area (Å²) in [5.74, 6) is 0. The van der Waals surface area contributed by atoms with Crippen LogP contribution in [0.5, 0.6) is 0 Å². The summed E-state index contributed by atoms with van der Waals surface area (Å²) >= 11 is 0. The molecule has 0 unspecified atom stereocenters. The lowest BCUT2D eigenvalue weighted by molar-refractivity contribution is 0.670. The van der Waals surface area contributed by atoms with Crippen molar-refractivity contribution < 1.29 is 8.83 Å². The van der Waals surface area contributed by atoms with Gasteiger partial charge in [0.05, 0.1) is 0 Å². The van der Waals surface area contributed by atoms with E-state index in [1.807, 2.05) is 24.3 Å². The van der Waals surface area contributed by atoms with Crippen LogP contribution in [0.25, 0.3) is 110 Å². The monoisotopic (exact) mass is 636 g/mol. The van der Waals surface area contributed by atoms with Crippen molar-refractivity contribution in [3.8, 4) is 33.4 Å². The molecular weight excluding hydrogens is 609 g/mol. The molecule has 0 amide bonds. The number of hydrogen-bond acceptors (Lipinski definition) is 2. The van der Waals surface area contributed by atoms with Crippen LogP contribution in [-0.4, -0.2) is 0 Å². The zero-order valence-corrected chi connectivity index (χ0v) is 27.0. The first kappa shape index (κ1) is 27.3. The molecule has 2 heteroatoms. The summed E-state index contributed by atoms with van der Waals surface area (Å²) in [6.07, 6.45) is 0. The summed E-state index contributed by atoms with van der Waals surface area (Å²) in [4.78, 5) is 0. The second kappa shape index (κ2) is 10.4. The molecule has 2 nitrogen and oxygen atoms in total. The molecule has 11 aromatic rings. The predicted octanol–water partition coefficient (Wildman–Crippen LogP) is 13.9. The molecule has 9 aromatic carbocycles. The maximum absolute atomic E-state index is 6.57. The third kappa shape index (κ3) is 3.96. The zero-order chi connectivity index (χ0) is 32.8. The second-order valence-electron chi connectivity index (χ2n) is 13.2. The predicted molar refractivity (Wildman–Crippen MR) is 210 cm³/mol. The first-order valence-corrected chi connectivity index (χ1v) is 17.1. The van der Waals surface area contributed by atoms with Gasteiger partial charge < -0.3 is 8.83 Å². The standard InChI is InChI=1S/C48H28O2/c1-2-13-37-35(11-1)36-12-3-4-14-38(36)44-28-29(23-24-39(37)44)30-25-31(33-17-9-19-42-40-15-5-7-21-45(40)49-47(33)42)27-32(26-30)34-18-10-20-43-41-16-6-8-22-46(41)50-48(34)43/h1-28H. The molecule has 0 saturated carbocycles. The fourth-order valence-electron chi connectivity index (χ4n) is 8.14. The van der Waals surface area contributed by atoms with Gasteiger partial charge >= 0.3 is 0 Å². The van der Waals surface area contributed by atoms with Crippen molar-refractivity contribution in [3.63, 3.8) is 0 Å². The van der Waals surface area contributed by atoms with Crippen LogP contribution in [0.2, 0.25) is 0 Å². The van der Waals surface area contributed by atoms with E-state index >= 15 is 0 Å². The van der Waals surface area contributed by atoms with E-state index in [1.54, 1.807) is 0 Å². The lowest BCUT2D eigenvalue weighted by Gasteiger charge is -2.14. The number of para-hydroxylation sites is 4. The second-order valence-corrected chi connectivity index (χ2v) is 13.2. The molecule has 0 aliphatic heterocycles. The first-order chi connectivity index (χ1) is 24.8. The highest BCUT2D eigenvalue weighted by Crippen LogP contribution is 2.43. The molecule has 2 heterocycles. The molecule has 0 saturated heterocycles. The van der Waals surface area contributed by atoms with Gasteiger partial charge in [0.1, 0.15) is 22.3 Å². The lowest BCUT2D eigenvalue weighted by Crippen LogP contribution is -1.88. The Morgan fingerprint density at radius 1 is 0.240 bits per heavy atom. The van der Waals surface area contributed by atoms with E-state index in [2.05, 4.69) is 146 Å². The van der Waals surface area contributed by atoms with E-state index in [9.17, 15) is 0 Å². The van der Waals surface area contributed by atoms with Crippen molar-refractivity contribution in [1.82, 2.24) is 0 Å². The molecule has 11 rings (SSSR count). The average molecular weight is 637 g/mol. The molecule has 0 bridgehead atoms. The van der Waals surface area contributed by atoms with Gasteiger partial charge in [-0.2, -0.15) is 0 Å². The Hall–Kier alpha value is -6.64. The number of rotatable bonds is 3. The quantitative estimate of drug-likeness (QED) is 0.180. The minimum Gasteiger partial charge on any atom is -0.455 e. The van der Waals surface area contributed by atoms with Crippen molar-refractivity contribution in [3.05, 3.63) is 170 Å². The van der Waals surface area contributed by atoms with Crippen LogP contribution in [0.4, 0.5) is 0 Å². The summed E-state index contributed by atoms with van der Waals surface area (Å²) in [7, 11) is 0. The summed E-state index contributed by atoms with van der Waals surface area (Å²) in [5, 5.41) is 12.1. The van der Waals surface area contributed by atoms with Gasteiger partial charge in [0.25, 0.3) is 0 Å². The van der Waals surface area contributed by atoms with Gasteiger partial charge in [-0.3, -0.25) is 0 Å². The maximum Gasteiger partial charge on any atom is 0.143 e. The Morgan fingerprint density at radius 2 is 0.640 bits per heavy atom. The van der Waals surface area contributed by atoms with Crippen LogP contribution in [0.15, 0.2) is 179 Å². The van der Waals surface area contributed by atoms with E-state index in [0.29, 0.717) is 0 Å². The molecular formula is C48H28O2. The third-order valence-corrected chi connectivity index (χ3v) is 10.4. The Labute approximate surface area is 287 Å². The number of hydrogen-bond donors (Lipinski definition) is 0. The molecule has 0 radical (unpaired) electrons. The number of benzene rings is 9. The molecule has 0 spiro atoms. The van der Waals surface area contributed by atoms with Crippen LogP contribution >= 0.6 is 0 Å². The third-order valence-electron chi connectivity index (χ3n) is 10.4. The highest BCUT2D eigenvalue weighted by Gasteiger charge is 2.18. The first-order valence-electron chi connectivity index (χ1n) is 17.1. The Balaban J connectivity index is 1.21. The van der Waals surface area contributed by atoms with Gasteiger partial charge in [0.2, 0.25) is 0 Å². The Morgan fingerprint density at radius 3 is 1.16 bits per heavy atom. The molecule has 2 aromatic heterocycles. The SMILES string of the molecule is c1ccc2c(c1)oc1c(-c3cc(-c4ccc5c6ccccc6c6ccccc6c5c4)cc(-c4cccc5c4oc4ccccc45)c3)cccc12. The van der Waals surface area contributed by atoms with Gasteiger partial charge in [-0.15, -0.1) is 0 Å². The number of fused-ring (bicyclic) bond motifs is 12. The van der Waals surface area contributed by atoms with E-state index in [1.165, 1.54) is 32.3 Å². The molecule has 0 N–H and O–H groups in total. The van der Waals surface area contributed by atoms with Crippen molar-refractivity contribution >= 4 is 76.2 Å². The van der Waals surface area contributed by atoms with Gasteiger partial charge in [-0.05, 0) is 91.0 Å². The van der Waals surface area contributed by atoms with E-state index in [-0.39, 0.29) is 0 Å². The summed E-state index contributed by atoms with van der Waals surface area (Å²) in [6.45, 7) is 0. The Bertz CT molecular complexity index is 2990.